The highest BCUT2D eigenvalue weighted by molar-refractivity contribution is 6.04. The Morgan fingerprint density at radius 1 is 1.11 bits per heavy atom. The van der Waals surface area contributed by atoms with Gasteiger partial charge in [-0.3, -0.25) is 4.79 Å². The van der Waals surface area contributed by atoms with Gasteiger partial charge in [0.2, 0.25) is 0 Å². The van der Waals surface area contributed by atoms with E-state index in [1.54, 1.807) is 18.2 Å². The van der Waals surface area contributed by atoms with Crippen molar-refractivity contribution in [2.45, 2.75) is 0 Å². The molecule has 0 saturated carbocycles. The van der Waals surface area contributed by atoms with Crippen molar-refractivity contribution in [3.63, 3.8) is 0 Å². The quantitative estimate of drug-likeness (QED) is 0.322. The monoisotopic (exact) mass is 366 g/mol. The minimum atomic E-state index is -0.736. The lowest BCUT2D eigenvalue weighted by Crippen LogP contribution is -2.32. The average molecular weight is 366 g/mol. The Morgan fingerprint density at radius 2 is 1.93 bits per heavy atom. The standard InChI is InChI=1S/C18H14N4O5/c1-27-10-5-6-11-12(7-10)20-15-14(11)21-18(26)22(17(15)25)19-8-9-3-2-4-13(23)16(9)24/h2-8,20,23-24H,1H3,(H,21,26)/b19-8-. The molecule has 0 aliphatic rings. The van der Waals surface area contributed by atoms with Gasteiger partial charge < -0.3 is 24.9 Å². The Morgan fingerprint density at radius 3 is 2.70 bits per heavy atom. The molecule has 136 valence electrons. The maximum atomic E-state index is 12.7. The lowest BCUT2D eigenvalue weighted by Gasteiger charge is -2.01. The summed E-state index contributed by atoms with van der Waals surface area (Å²) in [7, 11) is 1.53. The van der Waals surface area contributed by atoms with Crippen molar-refractivity contribution in [2.24, 2.45) is 5.10 Å². The third-order valence-corrected chi connectivity index (χ3v) is 4.19. The topological polar surface area (TPSA) is 133 Å². The highest BCUT2D eigenvalue weighted by atomic mass is 16.5. The van der Waals surface area contributed by atoms with Gasteiger partial charge in [-0.25, -0.2) is 4.79 Å². The van der Waals surface area contributed by atoms with E-state index in [4.69, 9.17) is 4.74 Å². The lowest BCUT2D eigenvalue weighted by molar-refractivity contribution is 0.403. The van der Waals surface area contributed by atoms with Crippen LogP contribution in [0, 0.1) is 0 Å². The molecule has 0 bridgehead atoms. The van der Waals surface area contributed by atoms with E-state index in [2.05, 4.69) is 15.1 Å². The highest BCUT2D eigenvalue weighted by Gasteiger charge is 2.13. The van der Waals surface area contributed by atoms with Crippen molar-refractivity contribution in [1.82, 2.24) is 14.6 Å². The third-order valence-electron chi connectivity index (χ3n) is 4.19. The minimum Gasteiger partial charge on any atom is -0.504 e. The molecule has 0 fully saturated rings. The number of aromatic nitrogens is 3. The number of rotatable bonds is 3. The maximum Gasteiger partial charge on any atom is 0.350 e. The van der Waals surface area contributed by atoms with Crippen molar-refractivity contribution in [3.8, 4) is 17.2 Å². The Balaban J connectivity index is 1.90. The highest BCUT2D eigenvalue weighted by Crippen LogP contribution is 2.27. The van der Waals surface area contributed by atoms with Crippen molar-refractivity contribution in [1.29, 1.82) is 0 Å². The fourth-order valence-electron chi connectivity index (χ4n) is 2.83. The predicted molar refractivity (Wildman–Crippen MR) is 100 cm³/mol. The largest absolute Gasteiger partial charge is 0.504 e. The fraction of sp³-hybridized carbons (Fsp3) is 0.0556. The van der Waals surface area contributed by atoms with E-state index in [0.717, 1.165) is 6.21 Å². The molecule has 27 heavy (non-hydrogen) atoms. The van der Waals surface area contributed by atoms with Gasteiger partial charge in [0, 0.05) is 17.0 Å². The first kappa shape index (κ1) is 16.5. The number of fused-ring (bicyclic) bond motifs is 3. The zero-order chi connectivity index (χ0) is 19.1. The van der Waals surface area contributed by atoms with Gasteiger partial charge in [0.25, 0.3) is 0 Å². The van der Waals surface area contributed by atoms with Crippen LogP contribution in [-0.4, -0.2) is 38.2 Å². The van der Waals surface area contributed by atoms with Crippen LogP contribution in [-0.2, 0) is 0 Å². The van der Waals surface area contributed by atoms with Gasteiger partial charge >= 0.3 is 11.2 Å². The van der Waals surface area contributed by atoms with Gasteiger partial charge in [-0.1, -0.05) is 6.07 Å². The van der Waals surface area contributed by atoms with Gasteiger partial charge in [-0.15, -0.1) is 4.68 Å². The Labute approximate surface area is 150 Å². The number of hydrogen-bond acceptors (Lipinski definition) is 6. The van der Waals surface area contributed by atoms with Crippen molar-refractivity contribution in [3.05, 3.63) is 62.8 Å². The molecular weight excluding hydrogens is 352 g/mol. The molecule has 2 aromatic heterocycles. The lowest BCUT2D eigenvalue weighted by atomic mass is 10.2. The Bertz CT molecular complexity index is 1330. The summed E-state index contributed by atoms with van der Waals surface area (Å²) < 4.78 is 5.80. The van der Waals surface area contributed by atoms with Crippen molar-refractivity contribution < 1.29 is 14.9 Å². The molecule has 4 aromatic rings. The maximum absolute atomic E-state index is 12.7. The zero-order valence-electron chi connectivity index (χ0n) is 14.1. The van der Waals surface area contributed by atoms with Crippen LogP contribution in [0.2, 0.25) is 0 Å². The molecular formula is C18H14N4O5. The molecule has 0 amide bonds. The minimum absolute atomic E-state index is 0.155. The summed E-state index contributed by atoms with van der Waals surface area (Å²) in [6, 6.07) is 9.45. The number of aromatic amines is 2. The number of hydrogen-bond donors (Lipinski definition) is 4. The van der Waals surface area contributed by atoms with Gasteiger partial charge in [-0.2, -0.15) is 5.10 Å². The number of nitrogens with zero attached hydrogens (tertiary/aromatic N) is 2. The first-order valence-corrected chi connectivity index (χ1v) is 7.89. The van der Waals surface area contributed by atoms with E-state index in [1.807, 2.05) is 0 Å². The molecule has 0 radical (unpaired) electrons. The van der Waals surface area contributed by atoms with E-state index < -0.39 is 17.0 Å². The number of para-hydroxylation sites is 1. The van der Waals surface area contributed by atoms with Crippen LogP contribution in [0.5, 0.6) is 17.2 Å². The van der Waals surface area contributed by atoms with Gasteiger partial charge in [0.1, 0.15) is 11.3 Å². The predicted octanol–water partition coefficient (Wildman–Crippen LogP) is 1.47. The fourth-order valence-corrected chi connectivity index (χ4v) is 2.83. The van der Waals surface area contributed by atoms with Gasteiger partial charge in [-0.05, 0) is 24.3 Å². The van der Waals surface area contributed by atoms with Crippen LogP contribution < -0.4 is 16.0 Å². The number of phenols is 2. The molecule has 9 nitrogen and oxygen atoms in total. The molecule has 2 heterocycles. The molecule has 0 aliphatic carbocycles. The van der Waals surface area contributed by atoms with E-state index in [9.17, 15) is 19.8 Å². The second-order valence-corrected chi connectivity index (χ2v) is 5.79. The van der Waals surface area contributed by atoms with Crippen LogP contribution in [0.1, 0.15) is 5.56 Å². The Hall–Kier alpha value is -4.01. The summed E-state index contributed by atoms with van der Waals surface area (Å²) in [5, 5.41) is 23.8. The van der Waals surface area contributed by atoms with Crippen LogP contribution in [0.25, 0.3) is 21.9 Å². The molecule has 9 heteroatoms. The van der Waals surface area contributed by atoms with Crippen LogP contribution in [0.15, 0.2) is 51.1 Å². The molecule has 4 rings (SSSR count). The second kappa shape index (κ2) is 6.06. The molecule has 4 N–H and O–H groups in total. The number of H-pyrrole nitrogens is 2. The average Bonchev–Trinajstić information content (AvgIpc) is 3.02. The van der Waals surface area contributed by atoms with Gasteiger partial charge in [0.15, 0.2) is 11.5 Å². The summed E-state index contributed by atoms with van der Waals surface area (Å²) in [6.45, 7) is 0. The van der Waals surface area contributed by atoms with Crippen LogP contribution >= 0.6 is 0 Å². The van der Waals surface area contributed by atoms with E-state index in [0.29, 0.717) is 26.8 Å². The number of phenolic OH excluding ortho intramolecular Hbond substituents is 2. The van der Waals surface area contributed by atoms with E-state index in [1.165, 1.54) is 25.3 Å². The third kappa shape index (κ3) is 2.61. The smallest absolute Gasteiger partial charge is 0.350 e. The summed E-state index contributed by atoms with van der Waals surface area (Å²) in [6.07, 6.45) is 1.11. The number of nitrogens with one attached hydrogen (secondary N) is 2. The number of aromatic hydroxyl groups is 2. The first-order valence-electron chi connectivity index (χ1n) is 7.89. The first-order chi connectivity index (χ1) is 13.0. The molecule has 0 atom stereocenters. The van der Waals surface area contributed by atoms with E-state index >= 15 is 0 Å². The zero-order valence-corrected chi connectivity index (χ0v) is 14.1. The Kier molecular flexibility index (Phi) is 3.69. The molecule has 0 saturated heterocycles. The van der Waals surface area contributed by atoms with Crippen LogP contribution in [0.3, 0.4) is 0 Å². The SMILES string of the molecule is COc1ccc2c(c1)[nH]c1c(=O)n(/N=C\c3cccc(O)c3O)c(=O)[nH]c12. The number of ether oxygens (including phenoxy) is 1. The van der Waals surface area contributed by atoms with Crippen molar-refractivity contribution in [2.75, 3.05) is 7.11 Å². The number of benzene rings is 2. The van der Waals surface area contributed by atoms with Gasteiger partial charge in [0.05, 0.1) is 24.4 Å². The van der Waals surface area contributed by atoms with E-state index in [-0.39, 0.29) is 16.8 Å². The molecule has 2 aromatic carbocycles. The van der Waals surface area contributed by atoms with Crippen molar-refractivity contribution >= 4 is 28.2 Å². The molecule has 0 unspecified atom stereocenters. The molecule has 0 spiro atoms. The summed E-state index contributed by atoms with van der Waals surface area (Å²) in [5.74, 6) is -0.126. The summed E-state index contributed by atoms with van der Waals surface area (Å²) in [4.78, 5) is 30.6. The van der Waals surface area contributed by atoms with Crippen LogP contribution in [0.4, 0.5) is 0 Å². The summed E-state index contributed by atoms with van der Waals surface area (Å²) >= 11 is 0. The second-order valence-electron chi connectivity index (χ2n) is 5.79. The number of methoxy groups -OCH3 is 1. The summed E-state index contributed by atoms with van der Waals surface area (Å²) in [5.41, 5.74) is -0.0587. The molecule has 0 aliphatic heterocycles. The normalized spacial score (nSPS) is 11.6.